The number of fused-ring (bicyclic) bond motifs is 1. The zero-order chi connectivity index (χ0) is 25.7. The Labute approximate surface area is 209 Å². The van der Waals surface area contributed by atoms with Crippen LogP contribution in [0.3, 0.4) is 0 Å². The predicted molar refractivity (Wildman–Crippen MR) is 129 cm³/mol. The van der Waals surface area contributed by atoms with Gasteiger partial charge in [-0.25, -0.2) is 23.5 Å². The maximum atomic E-state index is 15.0. The van der Waals surface area contributed by atoms with Crippen molar-refractivity contribution in [1.29, 1.82) is 0 Å². The summed E-state index contributed by atoms with van der Waals surface area (Å²) in [5.74, 6) is -1.64. The number of nitrogens with two attached hydrogens (primary N) is 1. The van der Waals surface area contributed by atoms with Gasteiger partial charge >= 0.3 is 6.09 Å². The third-order valence-electron chi connectivity index (χ3n) is 6.64. The lowest BCUT2D eigenvalue weighted by Gasteiger charge is -2.33. The number of halogens is 3. The van der Waals surface area contributed by atoms with E-state index in [2.05, 4.69) is 15.0 Å². The lowest BCUT2D eigenvalue weighted by Crippen LogP contribution is -2.39. The maximum Gasteiger partial charge on any atom is 0.412 e. The van der Waals surface area contributed by atoms with E-state index in [1.54, 1.807) is 4.90 Å². The number of amides is 2. The quantitative estimate of drug-likeness (QED) is 0.436. The molecule has 2 amide bonds. The number of benzene rings is 1. The highest BCUT2D eigenvalue weighted by Gasteiger charge is 2.42. The average molecular weight is 515 g/mol. The number of aromatic nitrogens is 3. The summed E-state index contributed by atoms with van der Waals surface area (Å²) in [6, 6.07) is 3.72. The second-order valence-corrected chi connectivity index (χ2v) is 9.12. The minimum absolute atomic E-state index is 0.0663. The summed E-state index contributed by atoms with van der Waals surface area (Å²) in [6.45, 7) is 0. The van der Waals surface area contributed by atoms with Crippen LogP contribution in [0.5, 0.6) is 0 Å². The van der Waals surface area contributed by atoms with E-state index in [0.717, 1.165) is 0 Å². The van der Waals surface area contributed by atoms with Crippen molar-refractivity contribution in [1.82, 2.24) is 19.9 Å². The number of anilines is 2. The number of carbonyl (C=O) groups excluding carboxylic acids is 1. The summed E-state index contributed by atoms with van der Waals surface area (Å²) >= 11 is 5.93. The van der Waals surface area contributed by atoms with Crippen LogP contribution in [0.1, 0.15) is 36.7 Å². The van der Waals surface area contributed by atoms with Gasteiger partial charge in [0.1, 0.15) is 5.82 Å². The Bertz CT molecular complexity index is 1420. The smallest absolute Gasteiger partial charge is 0.412 e. The molecule has 4 N–H and O–H groups in total. The molecule has 0 aliphatic carbocycles. The Kier molecular flexibility index (Phi) is 5.87. The highest BCUT2D eigenvalue weighted by atomic mass is 35.5. The van der Waals surface area contributed by atoms with Gasteiger partial charge in [-0.15, -0.1) is 0 Å². The Balaban J connectivity index is 1.44. The predicted octanol–water partition coefficient (Wildman–Crippen LogP) is 4.62. The van der Waals surface area contributed by atoms with Crippen LogP contribution >= 0.6 is 11.6 Å². The monoisotopic (exact) mass is 514 g/mol. The van der Waals surface area contributed by atoms with Gasteiger partial charge in [0.15, 0.2) is 17.5 Å². The molecule has 1 aromatic carbocycles. The molecule has 2 aliphatic heterocycles. The normalized spacial score (nSPS) is 19.3. The number of carbonyl (C=O) groups is 2. The molecular formula is C24H21ClF2N6O3. The molecule has 2 aliphatic rings. The van der Waals surface area contributed by atoms with Gasteiger partial charge in [0.05, 0.1) is 23.0 Å². The standard InChI is InChI=1S/C24H21ClF2N6O3/c1-32(24(35)36)23-20(26)13(6-7-29-23)16-10-30-22(31-16)17-5-2-12-8-11(9-18(34)33(12)17)19-15(28)4-3-14(25)21(19)27/h3-4,6-7,9-10,12,17H,2,5,8,28H2,1H3,(H,30,31)(H,35,36)/t12?,17-/m0/s1. The van der Waals surface area contributed by atoms with E-state index in [9.17, 15) is 14.0 Å². The zero-order valence-electron chi connectivity index (χ0n) is 19.0. The number of pyridine rings is 1. The number of nitrogens with one attached hydrogen (secondary N) is 1. The number of hydrogen-bond donors (Lipinski definition) is 3. The van der Waals surface area contributed by atoms with E-state index in [0.29, 0.717) is 41.3 Å². The van der Waals surface area contributed by atoms with E-state index in [1.807, 2.05) is 0 Å². The fraction of sp³-hybridized carbons (Fsp3) is 0.250. The van der Waals surface area contributed by atoms with Gasteiger partial charge in [-0.2, -0.15) is 0 Å². The molecule has 36 heavy (non-hydrogen) atoms. The molecule has 2 aromatic heterocycles. The first-order valence-corrected chi connectivity index (χ1v) is 11.5. The second kappa shape index (κ2) is 8.90. The van der Waals surface area contributed by atoms with Crippen molar-refractivity contribution in [2.24, 2.45) is 0 Å². The number of nitrogen functional groups attached to an aromatic ring is 1. The molecule has 0 radical (unpaired) electrons. The Hall–Kier alpha value is -3.99. The first-order valence-electron chi connectivity index (χ1n) is 11.1. The fourth-order valence-electron chi connectivity index (χ4n) is 4.90. The molecule has 186 valence electrons. The van der Waals surface area contributed by atoms with Gasteiger partial charge in [-0.3, -0.25) is 9.69 Å². The number of rotatable bonds is 4. The first-order chi connectivity index (χ1) is 17.2. The fourth-order valence-corrected chi connectivity index (χ4v) is 5.05. The van der Waals surface area contributed by atoms with Crippen molar-refractivity contribution >= 4 is 40.7 Å². The van der Waals surface area contributed by atoms with Crippen LogP contribution in [0.25, 0.3) is 16.8 Å². The third-order valence-corrected chi connectivity index (χ3v) is 6.93. The van der Waals surface area contributed by atoms with Crippen molar-refractivity contribution in [3.8, 4) is 11.3 Å². The second-order valence-electron chi connectivity index (χ2n) is 8.71. The number of imidazole rings is 1. The van der Waals surface area contributed by atoms with Gasteiger partial charge < -0.3 is 20.7 Å². The molecule has 0 saturated carbocycles. The van der Waals surface area contributed by atoms with Crippen molar-refractivity contribution < 1.29 is 23.5 Å². The molecule has 1 unspecified atom stereocenters. The van der Waals surface area contributed by atoms with Crippen LogP contribution in [-0.4, -0.2) is 50.0 Å². The summed E-state index contributed by atoms with van der Waals surface area (Å²) in [6.07, 6.45) is 4.43. The summed E-state index contributed by atoms with van der Waals surface area (Å²) in [5, 5.41) is 9.10. The summed E-state index contributed by atoms with van der Waals surface area (Å²) in [4.78, 5) is 38.0. The third kappa shape index (κ3) is 3.85. The van der Waals surface area contributed by atoms with Crippen molar-refractivity contribution in [3.63, 3.8) is 0 Å². The minimum Gasteiger partial charge on any atom is -0.465 e. The van der Waals surface area contributed by atoms with Crippen molar-refractivity contribution in [2.45, 2.75) is 31.3 Å². The number of H-pyrrole nitrogens is 1. The van der Waals surface area contributed by atoms with Crippen LogP contribution in [0.15, 0.2) is 36.7 Å². The summed E-state index contributed by atoms with van der Waals surface area (Å²) in [7, 11) is 1.20. The molecule has 12 heteroatoms. The number of nitrogens with zero attached hydrogens (tertiary/aromatic N) is 4. The molecule has 4 heterocycles. The SMILES string of the molecule is CN(C(=O)O)c1nccc(-c2cnc([C@@H]3CCC4CC(c5c(N)ccc(Cl)c5F)=CC(=O)N43)[nH]2)c1F. The van der Waals surface area contributed by atoms with Gasteiger partial charge in [0.2, 0.25) is 5.91 Å². The highest BCUT2D eigenvalue weighted by Crippen LogP contribution is 2.44. The topological polar surface area (TPSA) is 128 Å². The minimum atomic E-state index is -1.35. The van der Waals surface area contributed by atoms with E-state index >= 15 is 4.39 Å². The molecule has 3 aromatic rings. The Morgan fingerprint density at radius 3 is 2.78 bits per heavy atom. The molecule has 9 nitrogen and oxygen atoms in total. The molecule has 2 atom stereocenters. The van der Waals surface area contributed by atoms with E-state index < -0.39 is 17.7 Å². The largest absolute Gasteiger partial charge is 0.465 e. The van der Waals surface area contributed by atoms with Gasteiger partial charge in [-0.05, 0) is 43.0 Å². The number of aromatic amines is 1. The van der Waals surface area contributed by atoms with E-state index in [4.69, 9.17) is 22.4 Å². The van der Waals surface area contributed by atoms with Crippen molar-refractivity contribution in [3.05, 3.63) is 64.7 Å². The van der Waals surface area contributed by atoms with Crippen LogP contribution in [0.2, 0.25) is 5.02 Å². The van der Waals surface area contributed by atoms with Crippen molar-refractivity contribution in [2.75, 3.05) is 17.7 Å². The van der Waals surface area contributed by atoms with Gasteiger partial charge in [-0.1, -0.05) is 11.6 Å². The van der Waals surface area contributed by atoms with Crippen LogP contribution < -0.4 is 10.6 Å². The number of hydrogen-bond acceptors (Lipinski definition) is 5. The molecule has 1 saturated heterocycles. The summed E-state index contributed by atoms with van der Waals surface area (Å²) in [5.41, 5.74) is 7.26. The van der Waals surface area contributed by atoms with Crippen LogP contribution in [0, 0.1) is 11.6 Å². The molecule has 5 rings (SSSR count). The molecule has 1 fully saturated rings. The average Bonchev–Trinajstić information content (AvgIpc) is 3.49. The van der Waals surface area contributed by atoms with E-state index in [-0.39, 0.29) is 45.6 Å². The lowest BCUT2D eigenvalue weighted by atomic mass is 9.92. The highest BCUT2D eigenvalue weighted by molar-refractivity contribution is 6.31. The molecular weight excluding hydrogens is 494 g/mol. The van der Waals surface area contributed by atoms with Gasteiger partial charge in [0.25, 0.3) is 0 Å². The Morgan fingerprint density at radius 2 is 2.03 bits per heavy atom. The summed E-state index contributed by atoms with van der Waals surface area (Å²) < 4.78 is 29.8. The van der Waals surface area contributed by atoms with Crippen LogP contribution in [-0.2, 0) is 4.79 Å². The first kappa shape index (κ1) is 23.7. The maximum absolute atomic E-state index is 15.0. The van der Waals surface area contributed by atoms with Crippen LogP contribution in [0.4, 0.5) is 25.1 Å². The Morgan fingerprint density at radius 1 is 1.25 bits per heavy atom. The van der Waals surface area contributed by atoms with Gasteiger partial charge in [0, 0.05) is 42.2 Å². The van der Waals surface area contributed by atoms with E-state index in [1.165, 1.54) is 43.7 Å². The molecule has 0 spiro atoms. The molecule has 0 bridgehead atoms. The lowest BCUT2D eigenvalue weighted by molar-refractivity contribution is -0.129. The zero-order valence-corrected chi connectivity index (χ0v) is 19.8. The number of carboxylic acid groups (broad SMARTS) is 1.